The summed E-state index contributed by atoms with van der Waals surface area (Å²) in [6.45, 7) is 4.14. The molecule has 2 unspecified atom stereocenters. The van der Waals surface area contributed by atoms with E-state index in [0.717, 1.165) is 5.56 Å². The number of carbonyl (C=O) groups is 2. The molecule has 0 saturated carbocycles. The van der Waals surface area contributed by atoms with Crippen LogP contribution in [0.2, 0.25) is 10.0 Å². The number of halogens is 2. The van der Waals surface area contributed by atoms with Gasteiger partial charge in [0.2, 0.25) is 17.8 Å². The summed E-state index contributed by atoms with van der Waals surface area (Å²) >= 11 is 13.2. The standard InChI is InChI=1S/C31H30Cl2N6O5/c1-5-24(40)35-20-15-39(25(41)11-17-9-7-6-8-10-17)16-21(20)36-31-34-14-18-12-19(30(42)38(2)29(18)37-31)26-27(32)22(43-3)13-23(44-4)28(26)33/h5-10,12-14,20-21H,1,11,15-16H2,2-4H3,(H,35,40)(H,34,36,37). The summed E-state index contributed by atoms with van der Waals surface area (Å²) in [5.41, 5.74) is 1.32. The third kappa shape index (κ3) is 6.06. The predicted molar refractivity (Wildman–Crippen MR) is 170 cm³/mol. The zero-order chi connectivity index (χ0) is 31.5. The Balaban J connectivity index is 1.46. The first-order valence-corrected chi connectivity index (χ1v) is 14.4. The van der Waals surface area contributed by atoms with Crippen molar-refractivity contribution in [1.29, 1.82) is 0 Å². The average Bonchev–Trinajstić information content (AvgIpc) is 3.42. The Morgan fingerprint density at radius 2 is 1.73 bits per heavy atom. The number of carbonyl (C=O) groups excluding carboxylic acids is 2. The van der Waals surface area contributed by atoms with E-state index in [9.17, 15) is 14.4 Å². The minimum absolute atomic E-state index is 0.0702. The van der Waals surface area contributed by atoms with Gasteiger partial charge in [-0.2, -0.15) is 4.98 Å². The van der Waals surface area contributed by atoms with Crippen LogP contribution in [0.1, 0.15) is 5.56 Å². The molecule has 1 aliphatic heterocycles. The molecule has 1 fully saturated rings. The van der Waals surface area contributed by atoms with Crippen LogP contribution < -0.4 is 25.7 Å². The lowest BCUT2D eigenvalue weighted by atomic mass is 10.0. The van der Waals surface area contributed by atoms with Gasteiger partial charge in [-0.15, -0.1) is 0 Å². The number of amides is 2. The predicted octanol–water partition coefficient (Wildman–Crippen LogP) is 3.86. The quantitative estimate of drug-likeness (QED) is 0.265. The van der Waals surface area contributed by atoms with Crippen LogP contribution >= 0.6 is 23.2 Å². The molecule has 2 N–H and O–H groups in total. The largest absolute Gasteiger partial charge is 0.495 e. The summed E-state index contributed by atoms with van der Waals surface area (Å²) in [5, 5.41) is 7.01. The number of likely N-dealkylation sites (tertiary alicyclic amines) is 1. The molecular weight excluding hydrogens is 607 g/mol. The number of pyridine rings is 1. The second kappa shape index (κ2) is 12.9. The topological polar surface area (TPSA) is 128 Å². The molecule has 0 radical (unpaired) electrons. The van der Waals surface area contributed by atoms with Crippen LogP contribution in [0.3, 0.4) is 0 Å². The van der Waals surface area contributed by atoms with Gasteiger partial charge in [0.15, 0.2) is 0 Å². The Kier molecular flexibility index (Phi) is 9.07. The molecule has 0 aliphatic carbocycles. The van der Waals surface area contributed by atoms with Gasteiger partial charge < -0.3 is 25.0 Å². The maximum Gasteiger partial charge on any atom is 0.259 e. The molecule has 2 aromatic heterocycles. The van der Waals surface area contributed by atoms with Gasteiger partial charge in [-0.05, 0) is 17.7 Å². The van der Waals surface area contributed by atoms with Crippen molar-refractivity contribution in [2.24, 2.45) is 7.05 Å². The van der Waals surface area contributed by atoms with Gasteiger partial charge in [-0.1, -0.05) is 60.1 Å². The van der Waals surface area contributed by atoms with Crippen molar-refractivity contribution in [1.82, 2.24) is 24.8 Å². The molecule has 0 bridgehead atoms. The van der Waals surface area contributed by atoms with Crippen LogP contribution in [0.25, 0.3) is 22.2 Å². The maximum atomic E-state index is 13.6. The lowest BCUT2D eigenvalue weighted by Crippen LogP contribution is -2.45. The Morgan fingerprint density at radius 3 is 2.36 bits per heavy atom. The molecule has 5 rings (SSSR count). The Labute approximate surface area is 263 Å². The van der Waals surface area contributed by atoms with Gasteiger partial charge in [0.05, 0.1) is 48.3 Å². The average molecular weight is 638 g/mol. The fourth-order valence-electron chi connectivity index (χ4n) is 5.21. The first kappa shape index (κ1) is 30.8. The number of hydrogen-bond donors (Lipinski definition) is 2. The fourth-order valence-corrected chi connectivity index (χ4v) is 5.91. The van der Waals surface area contributed by atoms with E-state index in [1.54, 1.807) is 30.3 Å². The van der Waals surface area contributed by atoms with Crippen LogP contribution in [0.15, 0.2) is 66.1 Å². The molecule has 4 aromatic rings. The number of aryl methyl sites for hydroxylation is 1. The van der Waals surface area contributed by atoms with E-state index in [1.165, 1.54) is 24.9 Å². The highest BCUT2D eigenvalue weighted by atomic mass is 35.5. The zero-order valence-corrected chi connectivity index (χ0v) is 25.8. The Hall–Kier alpha value is -4.61. The third-order valence-corrected chi connectivity index (χ3v) is 8.24. The van der Waals surface area contributed by atoms with E-state index in [-0.39, 0.29) is 45.4 Å². The highest BCUT2D eigenvalue weighted by Crippen LogP contribution is 2.45. The normalized spacial score (nSPS) is 16.1. The number of fused-ring (bicyclic) bond motifs is 1. The molecule has 2 aromatic carbocycles. The molecular formula is C31H30Cl2N6O5. The van der Waals surface area contributed by atoms with Crippen LogP contribution in [0.4, 0.5) is 5.95 Å². The number of anilines is 1. The molecule has 44 heavy (non-hydrogen) atoms. The van der Waals surface area contributed by atoms with Crippen molar-refractivity contribution in [2.75, 3.05) is 32.6 Å². The summed E-state index contributed by atoms with van der Waals surface area (Å²) in [6.07, 6.45) is 2.99. The summed E-state index contributed by atoms with van der Waals surface area (Å²) < 4.78 is 12.1. The molecule has 228 valence electrons. The van der Waals surface area contributed by atoms with Gasteiger partial charge >= 0.3 is 0 Å². The van der Waals surface area contributed by atoms with Gasteiger partial charge in [0, 0.05) is 43.4 Å². The first-order valence-electron chi connectivity index (χ1n) is 13.6. The number of methoxy groups -OCH3 is 2. The van der Waals surface area contributed by atoms with Crippen LogP contribution in [-0.4, -0.2) is 70.6 Å². The minimum Gasteiger partial charge on any atom is -0.495 e. The Morgan fingerprint density at radius 1 is 1.07 bits per heavy atom. The second-order valence-electron chi connectivity index (χ2n) is 10.2. The summed E-state index contributed by atoms with van der Waals surface area (Å²) in [4.78, 5) is 49.7. The summed E-state index contributed by atoms with van der Waals surface area (Å²) in [7, 11) is 4.49. The number of rotatable bonds is 9. The minimum atomic E-state index is -0.432. The lowest BCUT2D eigenvalue weighted by molar-refractivity contribution is -0.129. The molecule has 0 spiro atoms. The lowest BCUT2D eigenvalue weighted by Gasteiger charge is -2.20. The highest BCUT2D eigenvalue weighted by molar-refractivity contribution is 6.41. The van der Waals surface area contributed by atoms with Gasteiger partial charge in [-0.25, -0.2) is 4.98 Å². The first-order chi connectivity index (χ1) is 21.1. The van der Waals surface area contributed by atoms with E-state index >= 15 is 0 Å². The van der Waals surface area contributed by atoms with Gasteiger partial charge in [0.1, 0.15) is 17.1 Å². The number of benzene rings is 2. The molecule has 3 heterocycles. The monoisotopic (exact) mass is 636 g/mol. The molecule has 11 nitrogen and oxygen atoms in total. The third-order valence-electron chi connectivity index (χ3n) is 7.49. The van der Waals surface area contributed by atoms with Crippen LogP contribution in [0.5, 0.6) is 11.5 Å². The number of aromatic nitrogens is 3. The fraction of sp³-hybridized carbons (Fsp3) is 0.258. The molecule has 2 atom stereocenters. The number of ether oxygens (including phenoxy) is 2. The summed E-state index contributed by atoms with van der Waals surface area (Å²) in [6, 6.07) is 11.8. The van der Waals surface area contributed by atoms with Crippen LogP contribution in [0, 0.1) is 0 Å². The van der Waals surface area contributed by atoms with E-state index in [1.807, 2.05) is 30.3 Å². The van der Waals surface area contributed by atoms with Crippen molar-refractivity contribution in [3.63, 3.8) is 0 Å². The smallest absolute Gasteiger partial charge is 0.259 e. The summed E-state index contributed by atoms with van der Waals surface area (Å²) in [5.74, 6) is 0.387. The molecule has 2 amide bonds. The SMILES string of the molecule is C=CC(=O)NC1CN(C(=O)Cc2ccccc2)CC1Nc1ncc2cc(-c3c(Cl)c(OC)cc(OC)c3Cl)c(=O)n(C)c2n1. The molecule has 13 heteroatoms. The van der Waals surface area contributed by atoms with Crippen LogP contribution in [-0.2, 0) is 23.1 Å². The zero-order valence-electron chi connectivity index (χ0n) is 24.3. The molecule has 1 saturated heterocycles. The van der Waals surface area contributed by atoms with Crippen molar-refractivity contribution in [2.45, 2.75) is 18.5 Å². The van der Waals surface area contributed by atoms with Gasteiger partial charge in [0.25, 0.3) is 5.56 Å². The van der Waals surface area contributed by atoms with E-state index in [0.29, 0.717) is 35.6 Å². The van der Waals surface area contributed by atoms with Crippen molar-refractivity contribution < 1.29 is 19.1 Å². The number of hydrogen-bond acceptors (Lipinski definition) is 8. The van der Waals surface area contributed by atoms with Crippen molar-refractivity contribution >= 4 is 52.0 Å². The highest BCUT2D eigenvalue weighted by Gasteiger charge is 2.36. The van der Waals surface area contributed by atoms with E-state index in [4.69, 9.17) is 32.7 Å². The van der Waals surface area contributed by atoms with E-state index < -0.39 is 17.6 Å². The second-order valence-corrected chi connectivity index (χ2v) is 11.0. The van der Waals surface area contributed by atoms with Gasteiger partial charge in [-0.3, -0.25) is 19.0 Å². The maximum absolute atomic E-state index is 13.6. The number of nitrogens with one attached hydrogen (secondary N) is 2. The van der Waals surface area contributed by atoms with E-state index in [2.05, 4.69) is 27.2 Å². The molecule has 1 aliphatic rings. The Bertz CT molecular complexity index is 1790. The number of nitrogens with zero attached hydrogens (tertiary/aromatic N) is 4. The van der Waals surface area contributed by atoms with Crippen molar-refractivity contribution in [3.05, 3.63) is 87.3 Å². The van der Waals surface area contributed by atoms with Crippen molar-refractivity contribution in [3.8, 4) is 22.6 Å².